The topological polar surface area (TPSA) is 78.7 Å². The molecule has 0 atom stereocenters. The van der Waals surface area contributed by atoms with Crippen LogP contribution in [0.5, 0.6) is 0 Å². The van der Waals surface area contributed by atoms with Gasteiger partial charge < -0.3 is 11.1 Å². The number of amides is 2. The molecule has 0 aromatic heterocycles. The molecule has 0 saturated carbocycles. The normalized spacial score (nSPS) is 21.0. The van der Waals surface area contributed by atoms with Crippen LogP contribution in [-0.4, -0.2) is 59.9 Å². The lowest BCUT2D eigenvalue weighted by atomic mass is 9.83. The molecule has 1 aromatic carbocycles. The van der Waals surface area contributed by atoms with Crippen molar-refractivity contribution >= 4 is 29.1 Å². The van der Waals surface area contributed by atoms with Crippen molar-refractivity contribution in [3.05, 3.63) is 28.8 Å². The minimum atomic E-state index is -0.545. The number of anilines is 1. The summed E-state index contributed by atoms with van der Waals surface area (Å²) >= 11 is 6.11. The van der Waals surface area contributed by atoms with E-state index in [2.05, 4.69) is 15.1 Å². The van der Waals surface area contributed by atoms with E-state index in [0.29, 0.717) is 37.5 Å². The molecular weight excluding hydrogens is 364 g/mol. The minimum Gasteiger partial charge on any atom is -0.368 e. The van der Waals surface area contributed by atoms with Gasteiger partial charge in [-0.15, -0.1) is 0 Å². The first-order chi connectivity index (χ1) is 12.9. The maximum atomic E-state index is 12.4. The van der Waals surface area contributed by atoms with Crippen LogP contribution in [0.15, 0.2) is 18.2 Å². The van der Waals surface area contributed by atoms with Gasteiger partial charge in [0.05, 0.1) is 6.54 Å². The van der Waals surface area contributed by atoms with Crippen LogP contribution in [0.25, 0.3) is 0 Å². The lowest BCUT2D eigenvalue weighted by Gasteiger charge is -2.48. The monoisotopic (exact) mass is 392 g/mol. The number of nitrogens with two attached hydrogens (primary N) is 1. The highest BCUT2D eigenvalue weighted by atomic mass is 35.5. The van der Waals surface area contributed by atoms with Gasteiger partial charge in [-0.25, -0.2) is 0 Å². The summed E-state index contributed by atoms with van der Waals surface area (Å²) in [5, 5.41) is 3.58. The number of halogens is 1. The first kappa shape index (κ1) is 20.1. The van der Waals surface area contributed by atoms with E-state index in [1.165, 1.54) is 6.42 Å². The average Bonchev–Trinajstić information content (AvgIpc) is 2.67. The Balaban J connectivity index is 1.57. The number of hydrogen-bond acceptors (Lipinski definition) is 4. The molecule has 0 bridgehead atoms. The summed E-state index contributed by atoms with van der Waals surface area (Å²) in [6.45, 7) is 5.47. The van der Waals surface area contributed by atoms with Gasteiger partial charge in [-0.1, -0.05) is 24.1 Å². The summed E-state index contributed by atoms with van der Waals surface area (Å²) < 4.78 is 0. The summed E-state index contributed by atoms with van der Waals surface area (Å²) in [7, 11) is 0. The fourth-order valence-corrected chi connectivity index (χ4v) is 4.43. The number of piperidine rings is 2. The van der Waals surface area contributed by atoms with Gasteiger partial charge in [-0.3, -0.25) is 19.4 Å². The van der Waals surface area contributed by atoms with Crippen molar-refractivity contribution in [3.8, 4) is 0 Å². The SMILES string of the molecule is Cc1c(Cl)cccc1NC(=O)CN1CCC(C(N)=O)(N2CCCCC2)CC1. The van der Waals surface area contributed by atoms with Crippen molar-refractivity contribution < 1.29 is 9.59 Å². The number of nitrogens with zero attached hydrogens (tertiary/aromatic N) is 2. The zero-order valence-electron chi connectivity index (χ0n) is 16.0. The van der Waals surface area contributed by atoms with E-state index in [1.54, 1.807) is 6.07 Å². The molecule has 0 spiro atoms. The van der Waals surface area contributed by atoms with E-state index >= 15 is 0 Å². The Hall–Kier alpha value is -1.63. The van der Waals surface area contributed by atoms with Crippen molar-refractivity contribution in [3.63, 3.8) is 0 Å². The Bertz CT molecular complexity index is 695. The summed E-state index contributed by atoms with van der Waals surface area (Å²) in [6, 6.07) is 5.48. The van der Waals surface area contributed by atoms with Crippen molar-refractivity contribution in [1.82, 2.24) is 9.80 Å². The molecule has 3 rings (SSSR count). The van der Waals surface area contributed by atoms with Gasteiger partial charge >= 0.3 is 0 Å². The first-order valence-corrected chi connectivity index (χ1v) is 10.1. The van der Waals surface area contributed by atoms with Crippen LogP contribution < -0.4 is 11.1 Å². The van der Waals surface area contributed by atoms with E-state index < -0.39 is 5.54 Å². The van der Waals surface area contributed by atoms with Gasteiger partial charge in [-0.2, -0.15) is 0 Å². The molecule has 2 aliphatic rings. The molecule has 6 nitrogen and oxygen atoms in total. The molecule has 2 saturated heterocycles. The lowest BCUT2D eigenvalue weighted by Crippen LogP contribution is -2.63. The van der Waals surface area contributed by atoms with Gasteiger partial charge in [0.15, 0.2) is 0 Å². The van der Waals surface area contributed by atoms with Crippen molar-refractivity contribution in [2.24, 2.45) is 5.73 Å². The fourth-order valence-electron chi connectivity index (χ4n) is 4.26. The van der Waals surface area contributed by atoms with Gasteiger partial charge in [0, 0.05) is 23.8 Å². The Labute approximate surface area is 166 Å². The predicted octanol–water partition coefficient (Wildman–Crippen LogP) is 2.39. The standard InChI is InChI=1S/C20H29ClN4O2/c1-15-16(21)6-5-7-17(15)23-18(26)14-24-12-8-20(9-13-24,19(22)27)25-10-3-2-4-11-25/h5-7H,2-4,8-14H2,1H3,(H2,22,27)(H,23,26). The van der Waals surface area contributed by atoms with Crippen LogP contribution in [0.1, 0.15) is 37.7 Å². The van der Waals surface area contributed by atoms with E-state index in [9.17, 15) is 9.59 Å². The number of carbonyl (C=O) groups is 2. The number of likely N-dealkylation sites (tertiary alicyclic amines) is 2. The predicted molar refractivity (Wildman–Crippen MR) is 108 cm³/mol. The molecule has 2 amide bonds. The van der Waals surface area contributed by atoms with Gasteiger partial charge in [-0.05, 0) is 63.4 Å². The van der Waals surface area contributed by atoms with E-state index in [4.69, 9.17) is 17.3 Å². The van der Waals surface area contributed by atoms with E-state index in [-0.39, 0.29) is 11.8 Å². The highest BCUT2D eigenvalue weighted by molar-refractivity contribution is 6.31. The molecule has 2 heterocycles. The van der Waals surface area contributed by atoms with Crippen LogP contribution >= 0.6 is 11.6 Å². The quantitative estimate of drug-likeness (QED) is 0.806. The molecule has 3 N–H and O–H groups in total. The second-order valence-electron chi connectivity index (χ2n) is 7.68. The van der Waals surface area contributed by atoms with Gasteiger partial charge in [0.1, 0.15) is 5.54 Å². The van der Waals surface area contributed by atoms with Crippen molar-refractivity contribution in [2.75, 3.05) is 38.0 Å². The maximum absolute atomic E-state index is 12.4. The summed E-state index contributed by atoms with van der Waals surface area (Å²) in [5.74, 6) is -0.284. The fraction of sp³-hybridized carbons (Fsp3) is 0.600. The highest BCUT2D eigenvalue weighted by Crippen LogP contribution is 2.31. The summed E-state index contributed by atoms with van der Waals surface area (Å²) in [5.41, 5.74) is 6.88. The van der Waals surface area contributed by atoms with Crippen LogP contribution in [0.3, 0.4) is 0 Å². The lowest BCUT2D eigenvalue weighted by molar-refractivity contribution is -0.135. The summed E-state index contributed by atoms with van der Waals surface area (Å²) in [6.07, 6.45) is 4.85. The first-order valence-electron chi connectivity index (χ1n) is 9.75. The zero-order chi connectivity index (χ0) is 19.4. The minimum absolute atomic E-state index is 0.0649. The number of carbonyl (C=O) groups excluding carboxylic acids is 2. The smallest absolute Gasteiger partial charge is 0.238 e. The maximum Gasteiger partial charge on any atom is 0.238 e. The molecule has 2 aliphatic heterocycles. The Morgan fingerprint density at radius 2 is 1.81 bits per heavy atom. The number of hydrogen-bond donors (Lipinski definition) is 2. The molecule has 7 heteroatoms. The number of nitrogens with one attached hydrogen (secondary N) is 1. The molecule has 1 aromatic rings. The zero-order valence-corrected chi connectivity index (χ0v) is 16.7. The molecule has 27 heavy (non-hydrogen) atoms. The average molecular weight is 393 g/mol. The van der Waals surface area contributed by atoms with E-state index in [1.807, 2.05) is 19.1 Å². The largest absolute Gasteiger partial charge is 0.368 e. The molecule has 0 radical (unpaired) electrons. The Kier molecular flexibility index (Phi) is 6.40. The third-order valence-corrected chi connectivity index (χ3v) is 6.42. The van der Waals surface area contributed by atoms with Crippen LogP contribution in [0, 0.1) is 6.92 Å². The number of benzene rings is 1. The second-order valence-corrected chi connectivity index (χ2v) is 8.09. The molecule has 0 unspecified atom stereocenters. The Morgan fingerprint density at radius 1 is 1.15 bits per heavy atom. The van der Waals surface area contributed by atoms with Crippen LogP contribution in [0.2, 0.25) is 5.02 Å². The van der Waals surface area contributed by atoms with Crippen molar-refractivity contribution in [2.45, 2.75) is 44.6 Å². The second kappa shape index (κ2) is 8.59. The number of rotatable bonds is 5. The third-order valence-electron chi connectivity index (χ3n) is 6.01. The molecule has 2 fully saturated rings. The molecule has 148 valence electrons. The third kappa shape index (κ3) is 4.45. The molecular formula is C20H29ClN4O2. The highest BCUT2D eigenvalue weighted by Gasteiger charge is 2.45. The Morgan fingerprint density at radius 3 is 2.44 bits per heavy atom. The van der Waals surface area contributed by atoms with Crippen LogP contribution in [-0.2, 0) is 9.59 Å². The molecule has 0 aliphatic carbocycles. The summed E-state index contributed by atoms with van der Waals surface area (Å²) in [4.78, 5) is 29.1. The van der Waals surface area contributed by atoms with Gasteiger partial charge in [0.25, 0.3) is 0 Å². The van der Waals surface area contributed by atoms with Gasteiger partial charge in [0.2, 0.25) is 11.8 Å². The van der Waals surface area contributed by atoms with Crippen LogP contribution in [0.4, 0.5) is 5.69 Å². The van der Waals surface area contributed by atoms with E-state index in [0.717, 1.165) is 37.2 Å². The van der Waals surface area contributed by atoms with Crippen molar-refractivity contribution in [1.29, 1.82) is 0 Å². The number of primary amides is 1.